The van der Waals surface area contributed by atoms with Gasteiger partial charge in [-0.1, -0.05) is 18.2 Å². The first-order chi connectivity index (χ1) is 13.5. The molecule has 3 rings (SSSR count). The van der Waals surface area contributed by atoms with Crippen LogP contribution in [0.1, 0.15) is 19.4 Å². The molecule has 0 spiro atoms. The molecule has 144 valence electrons. The number of esters is 1. The van der Waals surface area contributed by atoms with E-state index in [-0.39, 0.29) is 30.1 Å². The molecule has 0 radical (unpaired) electrons. The molecule has 8 heteroatoms. The van der Waals surface area contributed by atoms with Crippen LogP contribution in [-0.2, 0) is 19.9 Å². The van der Waals surface area contributed by atoms with Gasteiger partial charge in [-0.2, -0.15) is 10.4 Å². The number of nitriles is 1. The van der Waals surface area contributed by atoms with Crippen molar-refractivity contribution < 1.29 is 14.3 Å². The van der Waals surface area contributed by atoms with Crippen molar-refractivity contribution in [1.29, 1.82) is 5.26 Å². The number of nitrogens with zero attached hydrogens (tertiary/aromatic N) is 4. The number of hydrogen-bond acceptors (Lipinski definition) is 7. The number of carbonyl (C=O) groups is 2. The number of Topliss-reactive ketones (excluding diaryl/α,β-unsaturated/α-hetero) is 1. The van der Waals surface area contributed by atoms with Gasteiger partial charge in [-0.3, -0.25) is 4.79 Å². The summed E-state index contributed by atoms with van der Waals surface area (Å²) < 4.78 is 6.76. The molecule has 1 aromatic carbocycles. The Morgan fingerprint density at radius 3 is 2.68 bits per heavy atom. The molecule has 0 aliphatic carbocycles. The molecule has 0 saturated carbocycles. The SMILES string of the molecule is CCOC(=O)C1(CN(C)c2ccccc2)C(C(C)=O)=CNc2c(C#N)cnn21. The summed E-state index contributed by atoms with van der Waals surface area (Å²) in [5.41, 5.74) is -0.173. The normalized spacial score (nSPS) is 17.6. The number of benzene rings is 1. The van der Waals surface area contributed by atoms with Gasteiger partial charge in [0, 0.05) is 18.9 Å². The molecule has 1 N–H and O–H groups in total. The summed E-state index contributed by atoms with van der Waals surface area (Å²) in [7, 11) is 1.82. The minimum absolute atomic E-state index is 0.0997. The van der Waals surface area contributed by atoms with Crippen LogP contribution in [0.4, 0.5) is 11.5 Å². The fraction of sp³-hybridized carbons (Fsp3) is 0.300. The number of nitrogens with one attached hydrogen (secondary N) is 1. The van der Waals surface area contributed by atoms with E-state index in [1.54, 1.807) is 6.92 Å². The van der Waals surface area contributed by atoms with Crippen LogP contribution in [0, 0.1) is 11.3 Å². The van der Waals surface area contributed by atoms with Gasteiger partial charge in [0.15, 0.2) is 5.78 Å². The number of ketones is 1. The molecule has 0 amide bonds. The second-order valence-corrected chi connectivity index (χ2v) is 6.46. The molecule has 2 aromatic rings. The molecule has 8 nitrogen and oxygen atoms in total. The number of rotatable bonds is 6. The summed E-state index contributed by atoms with van der Waals surface area (Å²) in [4.78, 5) is 27.6. The van der Waals surface area contributed by atoms with E-state index in [0.29, 0.717) is 5.82 Å². The Morgan fingerprint density at radius 1 is 1.36 bits per heavy atom. The third kappa shape index (κ3) is 3.01. The number of hydrogen-bond donors (Lipinski definition) is 1. The Balaban J connectivity index is 2.20. The molecule has 1 atom stereocenters. The fourth-order valence-corrected chi connectivity index (χ4v) is 3.41. The van der Waals surface area contributed by atoms with Crippen LogP contribution in [0.3, 0.4) is 0 Å². The quantitative estimate of drug-likeness (QED) is 0.767. The van der Waals surface area contributed by atoms with Gasteiger partial charge in [0.2, 0.25) is 5.54 Å². The minimum atomic E-state index is -1.53. The zero-order chi connectivity index (χ0) is 20.3. The average molecular weight is 379 g/mol. The van der Waals surface area contributed by atoms with E-state index >= 15 is 0 Å². The van der Waals surface area contributed by atoms with Crippen molar-refractivity contribution in [3.05, 3.63) is 53.9 Å². The minimum Gasteiger partial charge on any atom is -0.464 e. The molecule has 1 unspecified atom stereocenters. The third-order valence-electron chi connectivity index (χ3n) is 4.71. The summed E-state index contributed by atoms with van der Waals surface area (Å²) >= 11 is 0. The predicted molar refractivity (Wildman–Crippen MR) is 104 cm³/mol. The highest BCUT2D eigenvalue weighted by atomic mass is 16.5. The highest BCUT2D eigenvalue weighted by molar-refractivity contribution is 6.04. The maximum absolute atomic E-state index is 13.2. The van der Waals surface area contributed by atoms with Crippen molar-refractivity contribution in [2.75, 3.05) is 30.4 Å². The van der Waals surface area contributed by atoms with E-state index in [1.807, 2.05) is 48.3 Å². The van der Waals surface area contributed by atoms with Gasteiger partial charge in [-0.15, -0.1) is 0 Å². The standard InChI is InChI=1S/C20H21N5O3/c1-4-28-19(27)20(13-24(3)16-8-6-5-7-9-16)17(14(2)26)12-22-18-15(10-21)11-23-25(18)20/h5-9,11-12,22H,4,13H2,1-3H3. The molecular weight excluding hydrogens is 358 g/mol. The second kappa shape index (κ2) is 7.56. The van der Waals surface area contributed by atoms with Crippen LogP contribution in [-0.4, -0.2) is 41.7 Å². The van der Waals surface area contributed by atoms with Gasteiger partial charge < -0.3 is 15.0 Å². The number of carbonyl (C=O) groups excluding carboxylic acids is 2. The molecule has 0 saturated heterocycles. The third-order valence-corrected chi connectivity index (χ3v) is 4.71. The number of likely N-dealkylation sites (N-methyl/N-ethyl adjacent to an activating group) is 1. The number of ether oxygens (including phenoxy) is 1. The van der Waals surface area contributed by atoms with Crippen molar-refractivity contribution in [3.8, 4) is 6.07 Å². The van der Waals surface area contributed by atoms with Crippen LogP contribution in [0.25, 0.3) is 0 Å². The maximum atomic E-state index is 13.2. The Labute approximate surface area is 163 Å². The van der Waals surface area contributed by atoms with E-state index < -0.39 is 11.5 Å². The molecule has 1 aliphatic heterocycles. The molecule has 0 fully saturated rings. The van der Waals surface area contributed by atoms with Crippen LogP contribution in [0.15, 0.2) is 48.3 Å². The monoisotopic (exact) mass is 379 g/mol. The average Bonchev–Trinajstić information content (AvgIpc) is 3.12. The van der Waals surface area contributed by atoms with E-state index in [1.165, 1.54) is 24.0 Å². The lowest BCUT2D eigenvalue weighted by molar-refractivity contribution is -0.152. The zero-order valence-electron chi connectivity index (χ0n) is 16.0. The first-order valence-electron chi connectivity index (χ1n) is 8.85. The Morgan fingerprint density at radius 2 is 2.07 bits per heavy atom. The van der Waals surface area contributed by atoms with E-state index in [4.69, 9.17) is 4.74 Å². The summed E-state index contributed by atoms with van der Waals surface area (Å²) in [6.45, 7) is 3.34. The lowest BCUT2D eigenvalue weighted by Crippen LogP contribution is -2.56. The summed E-state index contributed by atoms with van der Waals surface area (Å²) in [6.07, 6.45) is 2.84. The molecule has 1 aliphatic rings. The largest absolute Gasteiger partial charge is 0.464 e. The fourth-order valence-electron chi connectivity index (χ4n) is 3.41. The van der Waals surface area contributed by atoms with Gasteiger partial charge in [0.05, 0.1) is 24.9 Å². The van der Waals surface area contributed by atoms with Crippen LogP contribution in [0.5, 0.6) is 0 Å². The van der Waals surface area contributed by atoms with Gasteiger partial charge in [0.1, 0.15) is 17.5 Å². The van der Waals surface area contributed by atoms with Gasteiger partial charge in [0.25, 0.3) is 0 Å². The van der Waals surface area contributed by atoms with Crippen molar-refractivity contribution in [3.63, 3.8) is 0 Å². The Hall–Kier alpha value is -3.60. The molecule has 1 aromatic heterocycles. The number of para-hydroxylation sites is 1. The highest BCUT2D eigenvalue weighted by Crippen LogP contribution is 2.37. The van der Waals surface area contributed by atoms with Gasteiger partial charge in [-0.25, -0.2) is 9.48 Å². The summed E-state index contributed by atoms with van der Waals surface area (Å²) in [5.74, 6) is -0.543. The first kappa shape index (κ1) is 19.2. The summed E-state index contributed by atoms with van der Waals surface area (Å²) in [5, 5.41) is 16.6. The Bertz CT molecular complexity index is 973. The number of anilines is 2. The van der Waals surface area contributed by atoms with Crippen molar-refractivity contribution in [1.82, 2.24) is 9.78 Å². The van der Waals surface area contributed by atoms with Crippen LogP contribution in [0.2, 0.25) is 0 Å². The smallest absolute Gasteiger partial charge is 0.340 e. The molecular formula is C20H21N5O3. The summed E-state index contributed by atoms with van der Waals surface area (Å²) in [6, 6.07) is 11.5. The topological polar surface area (TPSA) is 100 Å². The number of aromatic nitrogens is 2. The second-order valence-electron chi connectivity index (χ2n) is 6.46. The molecule has 0 bridgehead atoms. The predicted octanol–water partition coefficient (Wildman–Crippen LogP) is 2.05. The highest BCUT2D eigenvalue weighted by Gasteiger charge is 2.52. The van der Waals surface area contributed by atoms with Crippen LogP contribution >= 0.6 is 0 Å². The lowest BCUT2D eigenvalue weighted by atomic mass is 9.85. The van der Waals surface area contributed by atoms with E-state index in [0.717, 1.165) is 5.69 Å². The van der Waals surface area contributed by atoms with Crippen molar-refractivity contribution >= 4 is 23.3 Å². The van der Waals surface area contributed by atoms with E-state index in [2.05, 4.69) is 10.4 Å². The van der Waals surface area contributed by atoms with Crippen molar-refractivity contribution in [2.24, 2.45) is 0 Å². The van der Waals surface area contributed by atoms with Gasteiger partial charge in [-0.05, 0) is 26.0 Å². The first-order valence-corrected chi connectivity index (χ1v) is 8.85. The van der Waals surface area contributed by atoms with Crippen LogP contribution < -0.4 is 10.2 Å². The molecule has 28 heavy (non-hydrogen) atoms. The Kier molecular flexibility index (Phi) is 5.18. The maximum Gasteiger partial charge on any atom is 0.340 e. The van der Waals surface area contributed by atoms with Gasteiger partial charge >= 0.3 is 5.97 Å². The lowest BCUT2D eigenvalue weighted by Gasteiger charge is -2.39. The molecule has 2 heterocycles. The zero-order valence-corrected chi connectivity index (χ0v) is 16.0. The van der Waals surface area contributed by atoms with E-state index in [9.17, 15) is 14.9 Å². The number of fused-ring (bicyclic) bond motifs is 1. The van der Waals surface area contributed by atoms with Crippen molar-refractivity contribution in [2.45, 2.75) is 19.4 Å².